The predicted molar refractivity (Wildman–Crippen MR) is 64.3 cm³/mol. The molecule has 1 unspecified atom stereocenters. The van der Waals surface area contributed by atoms with Crippen molar-refractivity contribution in [2.24, 2.45) is 0 Å². The first kappa shape index (κ1) is 11.0. The molecule has 1 fully saturated rings. The lowest BCUT2D eigenvalue weighted by atomic mass is 10.2. The minimum Gasteiger partial charge on any atom is -0.304 e. The normalized spacial score (nSPS) is 25.4. The molecule has 0 aromatic carbocycles. The van der Waals surface area contributed by atoms with Gasteiger partial charge in [-0.05, 0) is 40.5 Å². The molecular formula is C11H19N3S. The predicted octanol–water partition coefficient (Wildman–Crippen LogP) is 1.76. The first-order valence-electron chi connectivity index (χ1n) is 5.48. The number of aromatic nitrogens is 1. The molecule has 0 radical (unpaired) electrons. The monoisotopic (exact) mass is 225 g/mol. The third kappa shape index (κ3) is 2.56. The molecular weight excluding hydrogens is 206 g/mol. The fourth-order valence-corrected chi connectivity index (χ4v) is 3.00. The van der Waals surface area contributed by atoms with E-state index in [-0.39, 0.29) is 0 Å². The van der Waals surface area contributed by atoms with Crippen LogP contribution in [0.15, 0.2) is 6.20 Å². The van der Waals surface area contributed by atoms with Crippen LogP contribution in [0.5, 0.6) is 0 Å². The van der Waals surface area contributed by atoms with Gasteiger partial charge in [-0.3, -0.25) is 4.90 Å². The van der Waals surface area contributed by atoms with Crippen LogP contribution < -0.4 is 0 Å². The van der Waals surface area contributed by atoms with Crippen molar-refractivity contribution in [2.45, 2.75) is 19.4 Å². The summed E-state index contributed by atoms with van der Waals surface area (Å²) in [7, 11) is 4.41. The Bertz CT molecular complexity index is 323. The lowest BCUT2D eigenvalue weighted by Gasteiger charge is -2.25. The van der Waals surface area contributed by atoms with E-state index in [1.807, 2.05) is 17.5 Å². The number of rotatable bonds is 1. The summed E-state index contributed by atoms with van der Waals surface area (Å²) in [6.45, 7) is 5.60. The molecule has 4 heteroatoms. The van der Waals surface area contributed by atoms with E-state index >= 15 is 0 Å². The van der Waals surface area contributed by atoms with E-state index in [0.29, 0.717) is 6.04 Å². The summed E-state index contributed by atoms with van der Waals surface area (Å²) >= 11 is 1.83. The van der Waals surface area contributed by atoms with Gasteiger partial charge in [0, 0.05) is 17.6 Å². The molecule has 3 nitrogen and oxygen atoms in total. The largest absolute Gasteiger partial charge is 0.304 e. The topological polar surface area (TPSA) is 19.4 Å². The van der Waals surface area contributed by atoms with Crippen LogP contribution in [0.3, 0.4) is 0 Å². The zero-order valence-electron chi connectivity index (χ0n) is 9.73. The molecule has 1 aliphatic rings. The van der Waals surface area contributed by atoms with E-state index < -0.39 is 0 Å². The molecule has 1 aliphatic heterocycles. The van der Waals surface area contributed by atoms with Crippen molar-refractivity contribution in [2.75, 3.05) is 33.7 Å². The molecule has 2 rings (SSSR count). The Kier molecular flexibility index (Phi) is 3.38. The summed E-state index contributed by atoms with van der Waals surface area (Å²) in [5.41, 5.74) is 0. The molecule has 84 valence electrons. The zero-order valence-corrected chi connectivity index (χ0v) is 10.5. The Morgan fingerprint density at radius 1 is 1.40 bits per heavy atom. The highest BCUT2D eigenvalue weighted by Crippen LogP contribution is 2.26. The van der Waals surface area contributed by atoms with Crippen molar-refractivity contribution in [1.29, 1.82) is 0 Å². The SMILES string of the molecule is Cc1cnc(C2CN(C)CCCN2C)s1. The first-order valence-corrected chi connectivity index (χ1v) is 6.29. The van der Waals surface area contributed by atoms with Crippen molar-refractivity contribution in [3.8, 4) is 0 Å². The van der Waals surface area contributed by atoms with Gasteiger partial charge in [-0.2, -0.15) is 0 Å². The average molecular weight is 225 g/mol. The molecule has 1 atom stereocenters. The maximum Gasteiger partial charge on any atom is 0.111 e. The second-order valence-electron chi connectivity index (χ2n) is 4.42. The Morgan fingerprint density at radius 3 is 2.87 bits per heavy atom. The Balaban J connectivity index is 2.17. The van der Waals surface area contributed by atoms with Crippen molar-refractivity contribution < 1.29 is 0 Å². The summed E-state index contributed by atoms with van der Waals surface area (Å²) in [6.07, 6.45) is 3.24. The second kappa shape index (κ2) is 4.60. The highest BCUT2D eigenvalue weighted by atomic mass is 32.1. The minimum atomic E-state index is 0.483. The summed E-state index contributed by atoms with van der Waals surface area (Å²) < 4.78 is 0. The van der Waals surface area contributed by atoms with Crippen LogP contribution in [0.25, 0.3) is 0 Å². The molecule has 2 heterocycles. The quantitative estimate of drug-likeness (QED) is 0.726. The molecule has 1 aromatic rings. The number of nitrogens with zero attached hydrogens (tertiary/aromatic N) is 3. The third-order valence-corrected chi connectivity index (χ3v) is 4.01. The van der Waals surface area contributed by atoms with Crippen LogP contribution in [-0.2, 0) is 0 Å². The maximum atomic E-state index is 4.52. The van der Waals surface area contributed by atoms with Crippen molar-refractivity contribution >= 4 is 11.3 Å². The van der Waals surface area contributed by atoms with E-state index in [2.05, 4.69) is 35.8 Å². The highest BCUT2D eigenvalue weighted by Gasteiger charge is 2.24. The molecule has 0 spiro atoms. The lowest BCUT2D eigenvalue weighted by Crippen LogP contribution is -2.30. The minimum absolute atomic E-state index is 0.483. The Morgan fingerprint density at radius 2 is 2.20 bits per heavy atom. The van der Waals surface area contributed by atoms with Crippen LogP contribution >= 0.6 is 11.3 Å². The maximum absolute atomic E-state index is 4.52. The van der Waals surface area contributed by atoms with Gasteiger partial charge < -0.3 is 4.90 Å². The summed E-state index contributed by atoms with van der Waals surface area (Å²) in [4.78, 5) is 10.7. The van der Waals surface area contributed by atoms with E-state index in [1.54, 1.807) is 0 Å². The lowest BCUT2D eigenvalue weighted by molar-refractivity contribution is 0.228. The van der Waals surface area contributed by atoms with Crippen LogP contribution in [0.1, 0.15) is 22.3 Å². The van der Waals surface area contributed by atoms with Crippen molar-refractivity contribution in [3.63, 3.8) is 0 Å². The van der Waals surface area contributed by atoms with Gasteiger partial charge in [-0.1, -0.05) is 0 Å². The van der Waals surface area contributed by atoms with E-state index in [0.717, 1.165) is 6.54 Å². The first-order chi connectivity index (χ1) is 7.16. The molecule has 1 saturated heterocycles. The number of likely N-dealkylation sites (N-methyl/N-ethyl adjacent to an activating group) is 2. The molecule has 0 bridgehead atoms. The summed E-state index contributed by atoms with van der Waals surface area (Å²) in [5.74, 6) is 0. The van der Waals surface area contributed by atoms with Gasteiger partial charge in [-0.15, -0.1) is 11.3 Å². The molecule has 0 amide bonds. The Hall–Kier alpha value is -0.450. The van der Waals surface area contributed by atoms with E-state index in [4.69, 9.17) is 0 Å². The van der Waals surface area contributed by atoms with Crippen LogP contribution in [0, 0.1) is 6.92 Å². The van der Waals surface area contributed by atoms with Gasteiger partial charge >= 0.3 is 0 Å². The highest BCUT2D eigenvalue weighted by molar-refractivity contribution is 7.11. The van der Waals surface area contributed by atoms with Crippen LogP contribution in [0.2, 0.25) is 0 Å². The number of hydrogen-bond donors (Lipinski definition) is 0. The molecule has 15 heavy (non-hydrogen) atoms. The van der Waals surface area contributed by atoms with Crippen LogP contribution in [0.4, 0.5) is 0 Å². The van der Waals surface area contributed by atoms with Gasteiger partial charge in [0.2, 0.25) is 0 Å². The van der Waals surface area contributed by atoms with E-state index in [9.17, 15) is 0 Å². The van der Waals surface area contributed by atoms with Gasteiger partial charge in [-0.25, -0.2) is 4.98 Å². The number of thiazole rings is 1. The van der Waals surface area contributed by atoms with Crippen LogP contribution in [-0.4, -0.2) is 48.5 Å². The van der Waals surface area contributed by atoms with Gasteiger partial charge in [0.25, 0.3) is 0 Å². The van der Waals surface area contributed by atoms with Crippen molar-refractivity contribution in [1.82, 2.24) is 14.8 Å². The fraction of sp³-hybridized carbons (Fsp3) is 0.727. The van der Waals surface area contributed by atoms with Gasteiger partial charge in [0.15, 0.2) is 0 Å². The molecule has 1 aromatic heterocycles. The summed E-state index contributed by atoms with van der Waals surface area (Å²) in [5, 5.41) is 1.27. The zero-order chi connectivity index (χ0) is 10.8. The van der Waals surface area contributed by atoms with Gasteiger partial charge in [0.1, 0.15) is 5.01 Å². The smallest absolute Gasteiger partial charge is 0.111 e. The molecule has 0 aliphatic carbocycles. The average Bonchev–Trinajstić information content (AvgIpc) is 2.53. The fourth-order valence-electron chi connectivity index (χ4n) is 2.06. The molecule has 0 N–H and O–H groups in total. The third-order valence-electron chi connectivity index (χ3n) is 2.99. The molecule has 0 saturated carbocycles. The van der Waals surface area contributed by atoms with E-state index in [1.165, 1.54) is 29.4 Å². The second-order valence-corrected chi connectivity index (χ2v) is 5.69. The van der Waals surface area contributed by atoms with Gasteiger partial charge in [0.05, 0.1) is 6.04 Å². The number of hydrogen-bond acceptors (Lipinski definition) is 4. The Labute approximate surface area is 95.7 Å². The number of aryl methyl sites for hydroxylation is 1. The van der Waals surface area contributed by atoms with Crippen molar-refractivity contribution in [3.05, 3.63) is 16.1 Å². The summed E-state index contributed by atoms with van der Waals surface area (Å²) in [6, 6.07) is 0.483. The standard InChI is InChI=1S/C11H19N3S/c1-9-7-12-11(15-9)10-8-13(2)5-4-6-14(10)3/h7,10H,4-6,8H2,1-3H3.